The zero-order valence-electron chi connectivity index (χ0n) is 11.5. The van der Waals surface area contributed by atoms with Gasteiger partial charge in [0.25, 0.3) is 0 Å². The van der Waals surface area contributed by atoms with Crippen LogP contribution in [0.3, 0.4) is 0 Å². The smallest absolute Gasteiger partial charge is 0.228 e. The van der Waals surface area contributed by atoms with Crippen molar-refractivity contribution in [3.05, 3.63) is 0 Å². The predicted octanol–water partition coefficient (Wildman–Crippen LogP) is 0.813. The van der Waals surface area contributed by atoms with Gasteiger partial charge in [0.2, 0.25) is 15.9 Å². The van der Waals surface area contributed by atoms with Crippen molar-refractivity contribution >= 4 is 15.9 Å². The summed E-state index contributed by atoms with van der Waals surface area (Å²) in [4.78, 5) is 14.1. The van der Waals surface area contributed by atoms with Crippen molar-refractivity contribution in [1.82, 2.24) is 9.21 Å². The molecule has 19 heavy (non-hydrogen) atoms. The summed E-state index contributed by atoms with van der Waals surface area (Å²) in [5, 5.41) is -0.136. The van der Waals surface area contributed by atoms with Gasteiger partial charge in [-0.2, -0.15) is 0 Å². The second kappa shape index (κ2) is 4.45. The van der Waals surface area contributed by atoms with Gasteiger partial charge in [-0.05, 0) is 38.5 Å². The van der Waals surface area contributed by atoms with E-state index in [2.05, 4.69) is 0 Å². The van der Waals surface area contributed by atoms with E-state index >= 15 is 0 Å². The minimum atomic E-state index is -3.08. The highest BCUT2D eigenvalue weighted by molar-refractivity contribution is 7.90. The number of carbonyl (C=O) groups excluding carboxylic acids is 1. The van der Waals surface area contributed by atoms with E-state index in [1.807, 2.05) is 7.05 Å². The molecule has 3 fully saturated rings. The molecule has 1 spiro atoms. The van der Waals surface area contributed by atoms with E-state index in [1.165, 1.54) is 0 Å². The Morgan fingerprint density at radius 2 is 1.79 bits per heavy atom. The zero-order chi connectivity index (χ0) is 13.7. The molecule has 0 aromatic carbocycles. The maximum Gasteiger partial charge on any atom is 0.228 e. The fraction of sp³-hybridized carbons (Fsp3) is 0.923. The Kier molecular flexibility index (Phi) is 3.13. The van der Waals surface area contributed by atoms with Crippen molar-refractivity contribution in [2.24, 2.45) is 5.41 Å². The van der Waals surface area contributed by atoms with Gasteiger partial charge in [-0.15, -0.1) is 0 Å². The molecule has 1 amide bonds. The summed E-state index contributed by atoms with van der Waals surface area (Å²) in [5.74, 6) is 0.221. The molecule has 1 saturated carbocycles. The van der Waals surface area contributed by atoms with E-state index in [4.69, 9.17) is 0 Å². The number of sulfonamides is 1. The van der Waals surface area contributed by atoms with Crippen molar-refractivity contribution < 1.29 is 13.2 Å². The van der Waals surface area contributed by atoms with E-state index in [0.717, 1.165) is 38.6 Å². The van der Waals surface area contributed by atoms with Crippen molar-refractivity contribution in [3.8, 4) is 0 Å². The van der Waals surface area contributed by atoms with E-state index in [9.17, 15) is 13.2 Å². The molecule has 1 aliphatic carbocycles. The molecular weight excluding hydrogens is 264 g/mol. The Morgan fingerprint density at radius 1 is 1.11 bits per heavy atom. The lowest BCUT2D eigenvalue weighted by Crippen LogP contribution is -2.36. The summed E-state index contributed by atoms with van der Waals surface area (Å²) in [6, 6.07) is 0. The molecule has 0 aromatic heterocycles. The van der Waals surface area contributed by atoms with Crippen LogP contribution in [0.15, 0.2) is 0 Å². The quantitative estimate of drug-likeness (QED) is 0.755. The number of hydrogen-bond donors (Lipinski definition) is 0. The van der Waals surface area contributed by atoms with Crippen LogP contribution >= 0.6 is 0 Å². The third kappa shape index (κ3) is 2.18. The van der Waals surface area contributed by atoms with Gasteiger partial charge in [0.1, 0.15) is 0 Å². The lowest BCUT2D eigenvalue weighted by Gasteiger charge is -2.25. The molecule has 2 aliphatic heterocycles. The summed E-state index contributed by atoms with van der Waals surface area (Å²) < 4.78 is 26.2. The van der Waals surface area contributed by atoms with Crippen LogP contribution in [0.25, 0.3) is 0 Å². The normalized spacial score (nSPS) is 33.9. The van der Waals surface area contributed by atoms with Crippen molar-refractivity contribution in [2.45, 2.75) is 43.8 Å². The van der Waals surface area contributed by atoms with E-state index < -0.39 is 10.0 Å². The standard InChI is InChI=1S/C13H22N2O3S/c1-14-9-6-13(12(14)16)5-2-8-15(10-7-13)19(17,18)11-3-4-11/h11H,2-10H2,1H3/t13-/m1/s1. The second-order valence-corrected chi connectivity index (χ2v) is 8.47. The lowest BCUT2D eigenvalue weighted by atomic mass is 9.79. The summed E-state index contributed by atoms with van der Waals surface area (Å²) in [6.07, 6.45) is 4.86. The van der Waals surface area contributed by atoms with Crippen LogP contribution in [0.2, 0.25) is 0 Å². The third-order valence-electron chi connectivity index (χ3n) is 4.93. The first-order valence-corrected chi connectivity index (χ1v) is 8.71. The van der Waals surface area contributed by atoms with Crippen LogP contribution < -0.4 is 0 Å². The Bertz CT molecular complexity index is 486. The Balaban J connectivity index is 1.74. The monoisotopic (exact) mass is 286 g/mol. The number of nitrogens with zero attached hydrogens (tertiary/aromatic N) is 2. The second-order valence-electron chi connectivity index (χ2n) is 6.25. The first-order chi connectivity index (χ1) is 8.96. The molecule has 3 aliphatic rings. The minimum absolute atomic E-state index is 0.136. The highest BCUT2D eigenvalue weighted by atomic mass is 32.2. The minimum Gasteiger partial charge on any atom is -0.345 e. The van der Waals surface area contributed by atoms with E-state index in [0.29, 0.717) is 19.5 Å². The molecule has 6 heteroatoms. The van der Waals surface area contributed by atoms with Gasteiger partial charge < -0.3 is 4.90 Å². The third-order valence-corrected chi connectivity index (χ3v) is 7.33. The Labute approximate surface area is 115 Å². The first kappa shape index (κ1) is 13.4. The average Bonchev–Trinajstić information content (AvgIpc) is 3.18. The number of rotatable bonds is 2. The van der Waals surface area contributed by atoms with Crippen LogP contribution in [0, 0.1) is 5.41 Å². The largest absolute Gasteiger partial charge is 0.345 e. The molecule has 3 rings (SSSR count). The SMILES string of the molecule is CN1CC[C@@]2(CCCN(S(=O)(=O)C3CC3)CC2)C1=O. The van der Waals surface area contributed by atoms with Crippen LogP contribution in [0.5, 0.6) is 0 Å². The first-order valence-electron chi connectivity index (χ1n) is 7.20. The molecule has 108 valence electrons. The molecule has 0 unspecified atom stereocenters. The molecule has 2 saturated heterocycles. The fourth-order valence-electron chi connectivity index (χ4n) is 3.46. The molecular formula is C13H22N2O3S. The Hall–Kier alpha value is -0.620. The topological polar surface area (TPSA) is 57.7 Å². The average molecular weight is 286 g/mol. The van der Waals surface area contributed by atoms with E-state index in [1.54, 1.807) is 9.21 Å². The number of hydrogen-bond acceptors (Lipinski definition) is 3. The number of carbonyl (C=O) groups is 1. The molecule has 0 bridgehead atoms. The lowest BCUT2D eigenvalue weighted by molar-refractivity contribution is -0.135. The summed E-state index contributed by atoms with van der Waals surface area (Å²) in [6.45, 7) is 1.93. The fourth-order valence-corrected chi connectivity index (χ4v) is 5.34. The van der Waals surface area contributed by atoms with Crippen molar-refractivity contribution in [3.63, 3.8) is 0 Å². The highest BCUT2D eigenvalue weighted by Crippen LogP contribution is 2.42. The zero-order valence-corrected chi connectivity index (χ0v) is 12.3. The summed E-state index contributed by atoms with van der Waals surface area (Å²) in [5.41, 5.74) is -0.275. The van der Waals surface area contributed by atoms with Gasteiger partial charge in [0, 0.05) is 26.7 Å². The Morgan fingerprint density at radius 3 is 2.37 bits per heavy atom. The summed E-state index contributed by atoms with van der Waals surface area (Å²) >= 11 is 0. The van der Waals surface area contributed by atoms with Crippen LogP contribution in [0.4, 0.5) is 0 Å². The molecule has 0 N–H and O–H groups in total. The van der Waals surface area contributed by atoms with E-state index in [-0.39, 0.29) is 16.6 Å². The maximum absolute atomic E-state index is 12.3. The number of amides is 1. The van der Waals surface area contributed by atoms with Crippen molar-refractivity contribution in [1.29, 1.82) is 0 Å². The molecule has 0 radical (unpaired) electrons. The van der Waals surface area contributed by atoms with Gasteiger partial charge >= 0.3 is 0 Å². The molecule has 0 aromatic rings. The predicted molar refractivity (Wildman–Crippen MR) is 72.1 cm³/mol. The number of likely N-dealkylation sites (tertiary alicyclic amines) is 1. The molecule has 5 nitrogen and oxygen atoms in total. The summed E-state index contributed by atoms with van der Waals surface area (Å²) in [7, 11) is -1.23. The van der Waals surface area contributed by atoms with Crippen LogP contribution in [-0.2, 0) is 14.8 Å². The molecule has 2 heterocycles. The maximum atomic E-state index is 12.3. The highest BCUT2D eigenvalue weighted by Gasteiger charge is 2.48. The van der Waals surface area contributed by atoms with Crippen LogP contribution in [-0.4, -0.2) is 55.5 Å². The van der Waals surface area contributed by atoms with Crippen LogP contribution in [0.1, 0.15) is 38.5 Å². The van der Waals surface area contributed by atoms with Crippen molar-refractivity contribution in [2.75, 3.05) is 26.7 Å². The van der Waals surface area contributed by atoms with Gasteiger partial charge in [0.05, 0.1) is 10.7 Å². The van der Waals surface area contributed by atoms with Gasteiger partial charge in [-0.25, -0.2) is 12.7 Å². The van der Waals surface area contributed by atoms with Gasteiger partial charge in [-0.1, -0.05) is 0 Å². The molecule has 1 atom stereocenters. The van der Waals surface area contributed by atoms with Gasteiger partial charge in [0.15, 0.2) is 0 Å². The van der Waals surface area contributed by atoms with Gasteiger partial charge in [-0.3, -0.25) is 4.79 Å².